The third-order valence-corrected chi connectivity index (χ3v) is 4.64. The molecule has 144 valence electrons. The molecular formula is C20H25N3O4. The van der Waals surface area contributed by atoms with Crippen molar-refractivity contribution in [3.05, 3.63) is 46.8 Å². The molecule has 7 heteroatoms. The minimum atomic E-state index is -0.290. The molecule has 3 rings (SSSR count). The van der Waals surface area contributed by atoms with Crippen LogP contribution in [0.15, 0.2) is 28.8 Å². The van der Waals surface area contributed by atoms with Crippen molar-refractivity contribution in [1.29, 1.82) is 0 Å². The standard InChI is InChI=1S/C20H25N3O4/c1-12(2)18-17(14(4)22-27-18)19(24)21-16-7-5-6-15(10-16)20(25)23-8-9-26-11-13(23)3/h5-7,10,12-13H,8-9,11H2,1-4H3,(H,21,24). The average Bonchev–Trinajstić information content (AvgIpc) is 3.04. The number of nitrogens with zero attached hydrogens (tertiary/aromatic N) is 2. The molecule has 7 nitrogen and oxygen atoms in total. The number of carbonyl (C=O) groups is 2. The fraction of sp³-hybridized carbons (Fsp3) is 0.450. The Morgan fingerprint density at radius 2 is 2.11 bits per heavy atom. The van der Waals surface area contributed by atoms with E-state index in [9.17, 15) is 9.59 Å². The van der Waals surface area contributed by atoms with Crippen molar-refractivity contribution < 1.29 is 18.8 Å². The Hall–Kier alpha value is -2.67. The molecule has 1 atom stereocenters. The summed E-state index contributed by atoms with van der Waals surface area (Å²) in [6, 6.07) is 7.00. The minimum absolute atomic E-state index is 0.0257. The number of ether oxygens (including phenoxy) is 1. The zero-order valence-corrected chi connectivity index (χ0v) is 16.1. The molecule has 0 bridgehead atoms. The molecule has 0 saturated carbocycles. The first-order valence-electron chi connectivity index (χ1n) is 9.14. The SMILES string of the molecule is Cc1noc(C(C)C)c1C(=O)Nc1cccc(C(=O)N2CCOCC2C)c1. The molecule has 1 N–H and O–H groups in total. The van der Waals surface area contributed by atoms with Gasteiger partial charge in [-0.3, -0.25) is 9.59 Å². The molecular weight excluding hydrogens is 346 g/mol. The topological polar surface area (TPSA) is 84.7 Å². The van der Waals surface area contributed by atoms with Crippen LogP contribution in [0.2, 0.25) is 0 Å². The predicted octanol–water partition coefficient (Wildman–Crippen LogP) is 3.22. The lowest BCUT2D eigenvalue weighted by Gasteiger charge is -2.33. The van der Waals surface area contributed by atoms with Crippen LogP contribution < -0.4 is 5.32 Å². The second kappa shape index (κ2) is 7.92. The molecule has 0 aliphatic carbocycles. The van der Waals surface area contributed by atoms with Crippen LogP contribution in [0.4, 0.5) is 5.69 Å². The zero-order valence-electron chi connectivity index (χ0n) is 16.1. The summed E-state index contributed by atoms with van der Waals surface area (Å²) < 4.78 is 10.7. The van der Waals surface area contributed by atoms with Gasteiger partial charge in [-0.1, -0.05) is 25.1 Å². The van der Waals surface area contributed by atoms with E-state index < -0.39 is 0 Å². The van der Waals surface area contributed by atoms with Crippen molar-refractivity contribution in [3.8, 4) is 0 Å². The van der Waals surface area contributed by atoms with Crippen molar-refractivity contribution >= 4 is 17.5 Å². The van der Waals surface area contributed by atoms with E-state index in [1.807, 2.05) is 20.8 Å². The van der Waals surface area contributed by atoms with Crippen LogP contribution in [0.5, 0.6) is 0 Å². The van der Waals surface area contributed by atoms with Crippen LogP contribution in [0.1, 0.15) is 58.9 Å². The van der Waals surface area contributed by atoms with Crippen LogP contribution in [0, 0.1) is 6.92 Å². The first-order chi connectivity index (χ1) is 12.9. The van der Waals surface area contributed by atoms with E-state index in [1.165, 1.54) is 0 Å². The number of morpholine rings is 1. The lowest BCUT2D eigenvalue weighted by Crippen LogP contribution is -2.47. The zero-order chi connectivity index (χ0) is 19.6. The summed E-state index contributed by atoms with van der Waals surface area (Å²) in [6.07, 6.45) is 0. The molecule has 1 saturated heterocycles. The van der Waals surface area contributed by atoms with Gasteiger partial charge in [0.15, 0.2) is 5.76 Å². The van der Waals surface area contributed by atoms with Gasteiger partial charge in [-0.2, -0.15) is 0 Å². The van der Waals surface area contributed by atoms with Crippen molar-refractivity contribution in [2.75, 3.05) is 25.1 Å². The van der Waals surface area contributed by atoms with E-state index in [1.54, 1.807) is 36.1 Å². The van der Waals surface area contributed by atoms with Gasteiger partial charge in [-0.25, -0.2) is 0 Å². The van der Waals surface area contributed by atoms with Crippen LogP contribution >= 0.6 is 0 Å². The van der Waals surface area contributed by atoms with Gasteiger partial charge < -0.3 is 19.5 Å². The molecule has 2 aromatic rings. The van der Waals surface area contributed by atoms with Crippen molar-refractivity contribution in [2.24, 2.45) is 0 Å². The largest absolute Gasteiger partial charge is 0.377 e. The van der Waals surface area contributed by atoms with E-state index in [0.29, 0.717) is 48.0 Å². The number of amides is 2. The summed E-state index contributed by atoms with van der Waals surface area (Å²) >= 11 is 0. The van der Waals surface area contributed by atoms with Crippen molar-refractivity contribution in [1.82, 2.24) is 10.1 Å². The third-order valence-electron chi connectivity index (χ3n) is 4.64. The molecule has 0 radical (unpaired) electrons. The highest BCUT2D eigenvalue weighted by Crippen LogP contribution is 2.24. The summed E-state index contributed by atoms with van der Waals surface area (Å²) in [6.45, 7) is 9.23. The molecule has 27 heavy (non-hydrogen) atoms. The fourth-order valence-corrected chi connectivity index (χ4v) is 3.18. The number of hydrogen-bond acceptors (Lipinski definition) is 5. The highest BCUT2D eigenvalue weighted by molar-refractivity contribution is 6.06. The molecule has 1 aromatic heterocycles. The van der Waals surface area contributed by atoms with E-state index in [0.717, 1.165) is 0 Å². The van der Waals surface area contributed by atoms with E-state index in [2.05, 4.69) is 10.5 Å². The molecule has 1 aliphatic rings. The maximum atomic E-state index is 12.8. The number of aryl methyl sites for hydroxylation is 1. The summed E-state index contributed by atoms with van der Waals surface area (Å²) in [5.74, 6) is 0.245. The molecule has 2 amide bonds. The van der Waals surface area contributed by atoms with Crippen molar-refractivity contribution in [3.63, 3.8) is 0 Å². The van der Waals surface area contributed by atoms with Gasteiger partial charge in [0, 0.05) is 23.7 Å². The Balaban J connectivity index is 1.79. The van der Waals surface area contributed by atoms with Gasteiger partial charge >= 0.3 is 0 Å². The second-order valence-electron chi connectivity index (χ2n) is 7.12. The van der Waals surface area contributed by atoms with Crippen molar-refractivity contribution in [2.45, 2.75) is 39.7 Å². The van der Waals surface area contributed by atoms with E-state index in [-0.39, 0.29) is 23.8 Å². The summed E-state index contributed by atoms with van der Waals surface area (Å²) in [7, 11) is 0. The summed E-state index contributed by atoms with van der Waals surface area (Å²) in [5, 5.41) is 6.76. The number of hydrogen-bond donors (Lipinski definition) is 1. The maximum Gasteiger partial charge on any atom is 0.261 e. The minimum Gasteiger partial charge on any atom is -0.377 e. The Morgan fingerprint density at radius 1 is 1.33 bits per heavy atom. The maximum absolute atomic E-state index is 12.8. The number of nitrogens with one attached hydrogen (secondary N) is 1. The first kappa shape index (κ1) is 19.1. The summed E-state index contributed by atoms with van der Waals surface area (Å²) in [5.41, 5.74) is 2.09. The van der Waals surface area contributed by atoms with Gasteiger partial charge in [-0.15, -0.1) is 0 Å². The molecule has 1 aromatic carbocycles. The lowest BCUT2D eigenvalue weighted by molar-refractivity contribution is 0.00359. The number of carbonyl (C=O) groups excluding carboxylic acids is 2. The second-order valence-corrected chi connectivity index (χ2v) is 7.12. The average molecular weight is 371 g/mol. The quantitative estimate of drug-likeness (QED) is 0.892. The predicted molar refractivity (Wildman–Crippen MR) is 101 cm³/mol. The van der Waals surface area contributed by atoms with Gasteiger partial charge in [0.05, 0.1) is 24.9 Å². The highest BCUT2D eigenvalue weighted by Gasteiger charge is 2.26. The monoisotopic (exact) mass is 371 g/mol. The van der Waals surface area contributed by atoms with E-state index in [4.69, 9.17) is 9.26 Å². The number of aromatic nitrogens is 1. The molecule has 1 aliphatic heterocycles. The van der Waals surface area contributed by atoms with E-state index >= 15 is 0 Å². The van der Waals surface area contributed by atoms with Gasteiger partial charge in [0.1, 0.15) is 5.56 Å². The normalized spacial score (nSPS) is 17.2. The van der Waals surface area contributed by atoms with Gasteiger partial charge in [0.2, 0.25) is 0 Å². The Bertz CT molecular complexity index is 844. The number of benzene rings is 1. The number of anilines is 1. The van der Waals surface area contributed by atoms with Crippen LogP contribution in [0.25, 0.3) is 0 Å². The highest BCUT2D eigenvalue weighted by atomic mass is 16.5. The Morgan fingerprint density at radius 3 is 2.81 bits per heavy atom. The summed E-state index contributed by atoms with van der Waals surface area (Å²) in [4.78, 5) is 27.3. The third kappa shape index (κ3) is 4.03. The Labute approximate surface area is 158 Å². The molecule has 1 fully saturated rings. The Kier molecular flexibility index (Phi) is 5.60. The molecule has 1 unspecified atom stereocenters. The van der Waals surface area contributed by atoms with Crippen LogP contribution in [-0.4, -0.2) is 47.7 Å². The molecule has 0 spiro atoms. The lowest BCUT2D eigenvalue weighted by atomic mass is 10.0. The smallest absolute Gasteiger partial charge is 0.261 e. The van der Waals surface area contributed by atoms with Gasteiger partial charge in [0.25, 0.3) is 11.8 Å². The van der Waals surface area contributed by atoms with Crippen LogP contribution in [-0.2, 0) is 4.74 Å². The fourth-order valence-electron chi connectivity index (χ4n) is 3.18. The van der Waals surface area contributed by atoms with Crippen LogP contribution in [0.3, 0.4) is 0 Å². The molecule has 2 heterocycles. The first-order valence-corrected chi connectivity index (χ1v) is 9.14. The van der Waals surface area contributed by atoms with Gasteiger partial charge in [-0.05, 0) is 32.0 Å². The number of rotatable bonds is 4.